The molecule has 130 valence electrons. The fraction of sp³-hybridized carbons (Fsp3) is 0.263. The van der Waals surface area contributed by atoms with Crippen molar-refractivity contribution in [2.75, 3.05) is 24.5 Å². The molecule has 0 aromatic heterocycles. The van der Waals surface area contributed by atoms with Gasteiger partial charge in [0.2, 0.25) is 0 Å². The van der Waals surface area contributed by atoms with Crippen molar-refractivity contribution < 1.29 is 14.3 Å². The van der Waals surface area contributed by atoms with Crippen molar-refractivity contribution in [3.8, 4) is 0 Å². The minimum atomic E-state index is -0.387. The Balaban J connectivity index is 1.39. The maximum atomic E-state index is 11.9. The van der Waals surface area contributed by atoms with E-state index in [-0.39, 0.29) is 24.8 Å². The number of nitrogens with zero attached hydrogens (tertiary/aromatic N) is 1. The van der Waals surface area contributed by atoms with Gasteiger partial charge >= 0.3 is 12.1 Å². The zero-order valence-corrected chi connectivity index (χ0v) is 13.9. The number of nitrogens with one attached hydrogen (secondary N) is 2. The topological polar surface area (TPSA) is 70.7 Å². The van der Waals surface area contributed by atoms with E-state index in [4.69, 9.17) is 4.74 Å². The van der Waals surface area contributed by atoms with E-state index in [0.29, 0.717) is 13.1 Å². The molecule has 1 atom stereocenters. The summed E-state index contributed by atoms with van der Waals surface area (Å²) in [5.74, 6) is 0. The van der Waals surface area contributed by atoms with Gasteiger partial charge in [-0.15, -0.1) is 0 Å². The zero-order valence-electron chi connectivity index (χ0n) is 13.9. The molecule has 0 unspecified atom stereocenters. The molecule has 0 bridgehead atoms. The lowest BCUT2D eigenvalue weighted by atomic mass is 10.1. The predicted molar refractivity (Wildman–Crippen MR) is 95.6 cm³/mol. The lowest BCUT2D eigenvalue weighted by Crippen LogP contribution is -2.41. The average molecular weight is 339 g/mol. The number of anilines is 1. The monoisotopic (exact) mass is 339 g/mol. The summed E-state index contributed by atoms with van der Waals surface area (Å²) in [6.07, 6.45) is 0.0316. The smallest absolute Gasteiger partial charge is 0.414 e. The summed E-state index contributed by atoms with van der Waals surface area (Å²) < 4.78 is 5.30. The van der Waals surface area contributed by atoms with Gasteiger partial charge < -0.3 is 15.4 Å². The maximum Gasteiger partial charge on any atom is 0.414 e. The molecular weight excluding hydrogens is 318 g/mol. The Labute approximate surface area is 146 Å². The molecule has 0 saturated carbocycles. The average Bonchev–Trinajstić information content (AvgIpc) is 3.02. The van der Waals surface area contributed by atoms with Crippen molar-refractivity contribution in [3.63, 3.8) is 0 Å². The fourth-order valence-corrected chi connectivity index (χ4v) is 2.68. The standard InChI is InChI=1S/C19H21N3O3/c23-18(20-12-11-15-7-3-1-4-8-15)21-13-17-14-22(19(24)25-17)16-9-5-2-6-10-16/h1-10,17H,11-14H2,(H2,20,21,23)/t17-/m1/s1. The van der Waals surface area contributed by atoms with Crippen LogP contribution in [0.3, 0.4) is 0 Å². The minimum absolute atomic E-state index is 0.259. The molecule has 6 heteroatoms. The number of carbonyl (C=O) groups excluding carboxylic acids is 2. The number of carbonyl (C=O) groups is 2. The van der Waals surface area contributed by atoms with Crippen molar-refractivity contribution in [2.24, 2.45) is 0 Å². The lowest BCUT2D eigenvalue weighted by molar-refractivity contribution is 0.140. The minimum Gasteiger partial charge on any atom is -0.442 e. The Morgan fingerprint density at radius 2 is 1.72 bits per heavy atom. The maximum absolute atomic E-state index is 11.9. The molecule has 1 fully saturated rings. The molecule has 3 rings (SSSR count). The quantitative estimate of drug-likeness (QED) is 0.850. The molecular formula is C19H21N3O3. The van der Waals surface area contributed by atoms with Gasteiger partial charge in [0.05, 0.1) is 13.1 Å². The van der Waals surface area contributed by atoms with Gasteiger partial charge in [-0.1, -0.05) is 48.5 Å². The van der Waals surface area contributed by atoms with E-state index in [0.717, 1.165) is 12.1 Å². The van der Waals surface area contributed by atoms with Crippen LogP contribution in [0.15, 0.2) is 60.7 Å². The summed E-state index contributed by atoms with van der Waals surface area (Å²) in [6.45, 7) is 1.26. The molecule has 0 spiro atoms. The third kappa shape index (κ3) is 4.73. The van der Waals surface area contributed by atoms with E-state index in [9.17, 15) is 9.59 Å². The number of hydrogen-bond acceptors (Lipinski definition) is 3. The van der Waals surface area contributed by atoms with Crippen LogP contribution < -0.4 is 15.5 Å². The van der Waals surface area contributed by atoms with Gasteiger partial charge in [-0.25, -0.2) is 9.59 Å². The van der Waals surface area contributed by atoms with Gasteiger partial charge in [0.15, 0.2) is 0 Å². The van der Waals surface area contributed by atoms with Crippen molar-refractivity contribution in [3.05, 3.63) is 66.2 Å². The van der Waals surface area contributed by atoms with Gasteiger partial charge in [-0.05, 0) is 24.1 Å². The number of rotatable bonds is 6. The Morgan fingerprint density at radius 1 is 1.04 bits per heavy atom. The Hall–Kier alpha value is -3.02. The molecule has 0 radical (unpaired) electrons. The highest BCUT2D eigenvalue weighted by Gasteiger charge is 2.32. The molecule has 2 N–H and O–H groups in total. The summed E-state index contributed by atoms with van der Waals surface area (Å²) in [5.41, 5.74) is 1.97. The van der Waals surface area contributed by atoms with E-state index in [1.165, 1.54) is 5.56 Å². The van der Waals surface area contributed by atoms with Gasteiger partial charge in [0.25, 0.3) is 0 Å². The first-order valence-corrected chi connectivity index (χ1v) is 8.31. The van der Waals surface area contributed by atoms with Crippen LogP contribution in [0.4, 0.5) is 15.3 Å². The van der Waals surface area contributed by atoms with Gasteiger partial charge in [-0.2, -0.15) is 0 Å². The van der Waals surface area contributed by atoms with Crippen LogP contribution in [-0.2, 0) is 11.2 Å². The number of cyclic esters (lactones) is 1. The van der Waals surface area contributed by atoms with Crippen molar-refractivity contribution in [2.45, 2.75) is 12.5 Å². The van der Waals surface area contributed by atoms with Gasteiger partial charge in [0, 0.05) is 12.2 Å². The van der Waals surface area contributed by atoms with Crippen LogP contribution in [0.5, 0.6) is 0 Å². The van der Waals surface area contributed by atoms with Gasteiger partial charge in [0.1, 0.15) is 6.10 Å². The highest BCUT2D eigenvalue weighted by molar-refractivity contribution is 5.89. The van der Waals surface area contributed by atoms with Crippen LogP contribution in [0, 0.1) is 0 Å². The van der Waals surface area contributed by atoms with Crippen LogP contribution in [0.1, 0.15) is 5.56 Å². The first-order chi connectivity index (χ1) is 12.2. The molecule has 2 aromatic rings. The number of hydrogen-bond donors (Lipinski definition) is 2. The largest absolute Gasteiger partial charge is 0.442 e. The van der Waals surface area contributed by atoms with Crippen molar-refractivity contribution in [1.82, 2.24) is 10.6 Å². The van der Waals surface area contributed by atoms with Gasteiger partial charge in [-0.3, -0.25) is 4.90 Å². The van der Waals surface area contributed by atoms with E-state index < -0.39 is 0 Å². The first-order valence-electron chi connectivity index (χ1n) is 8.31. The number of para-hydroxylation sites is 1. The van der Waals surface area contributed by atoms with Crippen molar-refractivity contribution >= 4 is 17.8 Å². The molecule has 1 aliphatic rings. The Bertz CT molecular complexity index is 706. The summed E-state index contributed by atoms with van der Waals surface area (Å²) in [4.78, 5) is 25.3. The third-order valence-corrected chi connectivity index (χ3v) is 3.97. The van der Waals surface area contributed by atoms with Crippen LogP contribution in [0.25, 0.3) is 0 Å². The van der Waals surface area contributed by atoms with E-state index in [1.54, 1.807) is 4.90 Å². The Kier molecular flexibility index (Phi) is 5.51. The normalized spacial score (nSPS) is 16.4. The van der Waals surface area contributed by atoms with Crippen LogP contribution in [0.2, 0.25) is 0 Å². The first kappa shape index (κ1) is 16.8. The van der Waals surface area contributed by atoms with E-state index >= 15 is 0 Å². The number of amides is 3. The van der Waals surface area contributed by atoms with Crippen LogP contribution in [-0.4, -0.2) is 37.9 Å². The molecule has 1 saturated heterocycles. The summed E-state index contributed by atoms with van der Waals surface area (Å²) in [6, 6.07) is 19.0. The predicted octanol–water partition coefficient (Wildman–Crippen LogP) is 2.55. The number of ether oxygens (including phenoxy) is 1. The summed E-state index contributed by atoms with van der Waals surface area (Å²) in [5, 5.41) is 5.55. The van der Waals surface area contributed by atoms with E-state index in [2.05, 4.69) is 10.6 Å². The highest BCUT2D eigenvalue weighted by Crippen LogP contribution is 2.20. The molecule has 3 amide bonds. The second kappa shape index (κ2) is 8.19. The summed E-state index contributed by atoms with van der Waals surface area (Å²) >= 11 is 0. The van der Waals surface area contributed by atoms with Crippen molar-refractivity contribution in [1.29, 1.82) is 0 Å². The SMILES string of the molecule is O=C(NCCc1ccccc1)NC[C@@H]1CN(c2ccccc2)C(=O)O1. The highest BCUT2D eigenvalue weighted by atomic mass is 16.6. The third-order valence-electron chi connectivity index (χ3n) is 3.97. The fourth-order valence-electron chi connectivity index (χ4n) is 2.68. The summed E-state index contributed by atoms with van der Waals surface area (Å²) in [7, 11) is 0. The molecule has 25 heavy (non-hydrogen) atoms. The molecule has 6 nitrogen and oxygen atoms in total. The molecule has 1 heterocycles. The van der Waals surface area contributed by atoms with Crippen LogP contribution >= 0.6 is 0 Å². The number of urea groups is 1. The van der Waals surface area contributed by atoms with E-state index in [1.807, 2.05) is 60.7 Å². The zero-order chi connectivity index (χ0) is 17.5. The Morgan fingerprint density at radius 3 is 2.44 bits per heavy atom. The molecule has 2 aromatic carbocycles. The second-order valence-electron chi connectivity index (χ2n) is 5.82. The molecule has 0 aliphatic carbocycles. The lowest BCUT2D eigenvalue weighted by Gasteiger charge is -2.13. The molecule has 1 aliphatic heterocycles. The second-order valence-corrected chi connectivity index (χ2v) is 5.82. The number of benzene rings is 2.